The van der Waals surface area contributed by atoms with Crippen LogP contribution in [0.25, 0.3) is 0 Å². The maximum atomic E-state index is 12.3. The van der Waals surface area contributed by atoms with Crippen LogP contribution >= 0.6 is 0 Å². The maximum Gasteiger partial charge on any atom is 0.270 e. The molecule has 6 nitrogen and oxygen atoms in total. The van der Waals surface area contributed by atoms with E-state index in [0.717, 1.165) is 12.8 Å². The number of nitrogens with zero attached hydrogens (tertiary/aromatic N) is 2. The summed E-state index contributed by atoms with van der Waals surface area (Å²) in [4.78, 5) is 30.6. The number of hydrogen-bond acceptors (Lipinski definition) is 3. The van der Waals surface area contributed by atoms with Crippen molar-refractivity contribution in [1.82, 2.24) is 14.8 Å². The number of likely N-dealkylation sites (N-methyl/N-ethyl adjacent to an activating group) is 1. The zero-order chi connectivity index (χ0) is 15.0. The molecule has 3 heterocycles. The van der Waals surface area contributed by atoms with Gasteiger partial charge in [-0.3, -0.25) is 9.59 Å². The number of hydrogen-bond donors (Lipinski definition) is 1. The summed E-state index contributed by atoms with van der Waals surface area (Å²) in [7, 11) is 1.83. The third kappa shape index (κ3) is 2.33. The zero-order valence-corrected chi connectivity index (χ0v) is 12.5. The number of piperidine rings is 1. The van der Waals surface area contributed by atoms with Gasteiger partial charge in [0.25, 0.3) is 5.91 Å². The number of likely N-dealkylation sites (tertiary alicyclic amines) is 1. The number of carbonyl (C=O) groups excluding carboxylic acids is 2. The molecule has 1 atom stereocenters. The molecule has 2 fully saturated rings. The molecule has 1 aromatic heterocycles. The number of rotatable bonds is 1. The fourth-order valence-corrected chi connectivity index (χ4v) is 3.28. The van der Waals surface area contributed by atoms with Crippen molar-refractivity contribution in [2.45, 2.75) is 31.4 Å². The molecule has 21 heavy (non-hydrogen) atoms. The van der Waals surface area contributed by atoms with Crippen molar-refractivity contribution in [1.29, 1.82) is 0 Å². The Morgan fingerprint density at radius 2 is 2.14 bits per heavy atom. The second kappa shape index (κ2) is 5.18. The minimum atomic E-state index is -0.310. The molecule has 0 radical (unpaired) electrons. The molecule has 0 saturated carbocycles. The molecule has 1 unspecified atom stereocenters. The third-order valence-corrected chi connectivity index (χ3v) is 4.94. The van der Waals surface area contributed by atoms with E-state index in [9.17, 15) is 9.59 Å². The summed E-state index contributed by atoms with van der Waals surface area (Å²) in [5.41, 5.74) is 0.311. The van der Waals surface area contributed by atoms with E-state index in [2.05, 4.69) is 4.98 Å². The monoisotopic (exact) mass is 291 g/mol. The highest BCUT2D eigenvalue weighted by Gasteiger charge is 2.47. The SMILES string of the molecule is CC1N(C)C(=O)COC12CCN(C(=O)c1ccc[nH]1)CC2. The molecule has 0 bridgehead atoms. The molecule has 2 aliphatic rings. The Kier molecular flexibility index (Phi) is 3.49. The lowest BCUT2D eigenvalue weighted by Gasteiger charge is -2.50. The van der Waals surface area contributed by atoms with Gasteiger partial charge in [0, 0.05) is 26.3 Å². The highest BCUT2D eigenvalue weighted by molar-refractivity contribution is 5.92. The van der Waals surface area contributed by atoms with Crippen LogP contribution in [0.15, 0.2) is 18.3 Å². The smallest absolute Gasteiger partial charge is 0.270 e. The Labute approximate surface area is 124 Å². The fraction of sp³-hybridized carbons (Fsp3) is 0.600. The molecule has 6 heteroatoms. The first kappa shape index (κ1) is 14.1. The molecule has 2 saturated heterocycles. The van der Waals surface area contributed by atoms with Crippen molar-refractivity contribution in [2.24, 2.45) is 0 Å². The van der Waals surface area contributed by atoms with Crippen molar-refractivity contribution in [3.63, 3.8) is 0 Å². The van der Waals surface area contributed by atoms with Crippen LogP contribution in [0, 0.1) is 0 Å². The lowest BCUT2D eigenvalue weighted by molar-refractivity contribution is -0.181. The van der Waals surface area contributed by atoms with Gasteiger partial charge < -0.3 is 19.5 Å². The van der Waals surface area contributed by atoms with Crippen molar-refractivity contribution < 1.29 is 14.3 Å². The molecular weight excluding hydrogens is 270 g/mol. The molecular formula is C15H21N3O3. The van der Waals surface area contributed by atoms with Crippen LogP contribution in [0.5, 0.6) is 0 Å². The molecule has 3 rings (SSSR count). The molecule has 0 aromatic carbocycles. The quantitative estimate of drug-likeness (QED) is 0.835. The Bertz CT molecular complexity index is 532. The Balaban J connectivity index is 1.67. The van der Waals surface area contributed by atoms with Gasteiger partial charge in [0.2, 0.25) is 5.91 Å². The van der Waals surface area contributed by atoms with E-state index in [-0.39, 0.29) is 30.1 Å². The van der Waals surface area contributed by atoms with E-state index in [1.807, 2.05) is 24.9 Å². The summed E-state index contributed by atoms with van der Waals surface area (Å²) in [6.07, 6.45) is 3.28. The van der Waals surface area contributed by atoms with E-state index in [1.165, 1.54) is 0 Å². The average Bonchev–Trinajstić information content (AvgIpc) is 3.04. The van der Waals surface area contributed by atoms with Gasteiger partial charge in [-0.15, -0.1) is 0 Å². The van der Waals surface area contributed by atoms with E-state index in [0.29, 0.717) is 18.8 Å². The number of aromatic amines is 1. The lowest BCUT2D eigenvalue weighted by atomic mass is 9.83. The Morgan fingerprint density at radius 1 is 1.43 bits per heavy atom. The van der Waals surface area contributed by atoms with Crippen LogP contribution in [0.2, 0.25) is 0 Å². The first-order valence-corrected chi connectivity index (χ1v) is 7.36. The molecule has 1 aromatic rings. The predicted octanol–water partition coefficient (Wildman–Crippen LogP) is 0.867. The summed E-state index contributed by atoms with van der Waals surface area (Å²) in [5, 5.41) is 0. The predicted molar refractivity (Wildman–Crippen MR) is 76.8 cm³/mol. The van der Waals surface area contributed by atoms with Gasteiger partial charge in [0.15, 0.2) is 0 Å². The molecule has 2 amide bonds. The normalized spacial score (nSPS) is 25.4. The van der Waals surface area contributed by atoms with Crippen molar-refractivity contribution in [3.8, 4) is 0 Å². The average molecular weight is 291 g/mol. The third-order valence-electron chi connectivity index (χ3n) is 4.94. The van der Waals surface area contributed by atoms with Gasteiger partial charge in [-0.25, -0.2) is 0 Å². The van der Waals surface area contributed by atoms with Crippen LogP contribution in [0.3, 0.4) is 0 Å². The van der Waals surface area contributed by atoms with Crippen LogP contribution in [0.1, 0.15) is 30.3 Å². The summed E-state index contributed by atoms with van der Waals surface area (Å²) in [6.45, 7) is 3.49. The highest BCUT2D eigenvalue weighted by Crippen LogP contribution is 2.35. The molecule has 0 aliphatic carbocycles. The maximum absolute atomic E-state index is 12.3. The van der Waals surface area contributed by atoms with E-state index < -0.39 is 0 Å². The number of ether oxygens (including phenoxy) is 1. The number of morpholine rings is 1. The van der Waals surface area contributed by atoms with Crippen molar-refractivity contribution in [3.05, 3.63) is 24.0 Å². The summed E-state index contributed by atoms with van der Waals surface area (Å²) >= 11 is 0. The second-order valence-electron chi connectivity index (χ2n) is 5.91. The second-order valence-corrected chi connectivity index (χ2v) is 5.91. The fourth-order valence-electron chi connectivity index (χ4n) is 3.28. The number of carbonyl (C=O) groups is 2. The van der Waals surface area contributed by atoms with Gasteiger partial charge in [-0.2, -0.15) is 0 Å². The number of amides is 2. The van der Waals surface area contributed by atoms with Crippen LogP contribution < -0.4 is 0 Å². The number of H-pyrrole nitrogens is 1. The van der Waals surface area contributed by atoms with Gasteiger partial charge in [0.05, 0.1) is 11.6 Å². The van der Waals surface area contributed by atoms with E-state index >= 15 is 0 Å². The van der Waals surface area contributed by atoms with E-state index in [1.54, 1.807) is 17.2 Å². The van der Waals surface area contributed by atoms with Gasteiger partial charge in [-0.05, 0) is 31.9 Å². The summed E-state index contributed by atoms with van der Waals surface area (Å²) in [5.74, 6) is 0.0563. The molecule has 2 aliphatic heterocycles. The Morgan fingerprint density at radius 3 is 2.76 bits per heavy atom. The van der Waals surface area contributed by atoms with Crippen LogP contribution in [-0.4, -0.2) is 65.0 Å². The van der Waals surface area contributed by atoms with Crippen LogP contribution in [0.4, 0.5) is 0 Å². The summed E-state index contributed by atoms with van der Waals surface area (Å²) < 4.78 is 5.88. The lowest BCUT2D eigenvalue weighted by Crippen LogP contribution is -2.63. The number of nitrogens with one attached hydrogen (secondary N) is 1. The Hall–Kier alpha value is -1.82. The van der Waals surface area contributed by atoms with E-state index in [4.69, 9.17) is 4.74 Å². The highest BCUT2D eigenvalue weighted by atomic mass is 16.5. The van der Waals surface area contributed by atoms with Gasteiger partial charge in [-0.1, -0.05) is 0 Å². The first-order chi connectivity index (χ1) is 10.0. The molecule has 114 valence electrons. The van der Waals surface area contributed by atoms with Crippen LogP contribution in [-0.2, 0) is 9.53 Å². The largest absolute Gasteiger partial charge is 0.363 e. The first-order valence-electron chi connectivity index (χ1n) is 7.36. The molecule has 1 N–H and O–H groups in total. The molecule has 1 spiro atoms. The summed E-state index contributed by atoms with van der Waals surface area (Å²) in [6, 6.07) is 3.66. The van der Waals surface area contributed by atoms with Gasteiger partial charge in [0.1, 0.15) is 12.3 Å². The number of aromatic nitrogens is 1. The van der Waals surface area contributed by atoms with Crippen molar-refractivity contribution >= 4 is 11.8 Å². The topological polar surface area (TPSA) is 65.6 Å². The zero-order valence-electron chi connectivity index (χ0n) is 12.5. The van der Waals surface area contributed by atoms with Gasteiger partial charge >= 0.3 is 0 Å². The minimum Gasteiger partial charge on any atom is -0.363 e. The standard InChI is InChI=1S/C15H21N3O3/c1-11-15(21-10-13(19)17(11)2)5-8-18(9-6-15)14(20)12-4-3-7-16-12/h3-4,7,11,16H,5-6,8-10H2,1-2H3. The minimum absolute atomic E-state index is 0.0259. The van der Waals surface area contributed by atoms with Crippen molar-refractivity contribution in [2.75, 3.05) is 26.7 Å².